The lowest BCUT2D eigenvalue weighted by Crippen LogP contribution is -2.58. The minimum atomic E-state index is -0.736. The average Bonchev–Trinajstić information content (AvgIpc) is 3.55. The van der Waals surface area contributed by atoms with E-state index in [4.69, 9.17) is 33.2 Å². The van der Waals surface area contributed by atoms with E-state index in [0.29, 0.717) is 6.42 Å². The van der Waals surface area contributed by atoms with Crippen LogP contribution in [0.3, 0.4) is 0 Å². The Morgan fingerprint density at radius 3 is 2.31 bits per heavy atom. The van der Waals surface area contributed by atoms with Crippen LogP contribution in [0.15, 0.2) is 60.7 Å². The second-order valence-electron chi connectivity index (χ2n) is 13.6. The third-order valence-corrected chi connectivity index (χ3v) is 11.0. The summed E-state index contributed by atoms with van der Waals surface area (Å²) in [5.41, 5.74) is 4.44. The van der Waals surface area contributed by atoms with Crippen molar-refractivity contribution in [3.8, 4) is 23.0 Å². The number of benzene rings is 3. The van der Waals surface area contributed by atoms with E-state index in [1.807, 2.05) is 42.5 Å². The summed E-state index contributed by atoms with van der Waals surface area (Å²) in [6.07, 6.45) is 0.696. The number of aromatic nitrogens is 1. The van der Waals surface area contributed by atoms with Crippen molar-refractivity contribution >= 4 is 28.8 Å². The number of ether oxygens (including phenoxy) is 7. The summed E-state index contributed by atoms with van der Waals surface area (Å²) < 4.78 is 39.7. The van der Waals surface area contributed by atoms with Crippen LogP contribution >= 0.6 is 0 Å². The van der Waals surface area contributed by atoms with E-state index in [1.165, 1.54) is 57.2 Å². The molecule has 7 rings (SSSR count). The van der Waals surface area contributed by atoms with Gasteiger partial charge in [-0.15, -0.1) is 0 Å². The maximum atomic E-state index is 13.9. The van der Waals surface area contributed by atoms with Gasteiger partial charge < -0.3 is 38.1 Å². The van der Waals surface area contributed by atoms with Crippen molar-refractivity contribution in [2.24, 2.45) is 17.8 Å². The monoisotopic (exact) mass is 712 g/mol. The van der Waals surface area contributed by atoms with E-state index in [1.54, 1.807) is 7.11 Å². The Labute approximate surface area is 302 Å². The van der Waals surface area contributed by atoms with Crippen molar-refractivity contribution in [1.29, 1.82) is 0 Å². The minimum absolute atomic E-state index is 0.0386. The van der Waals surface area contributed by atoms with Crippen molar-refractivity contribution in [1.82, 2.24) is 9.88 Å². The van der Waals surface area contributed by atoms with Crippen LogP contribution in [0.2, 0.25) is 0 Å². The SMILES string of the molecule is COC(=O)[C@@H]1[C@@H](OC)[C@H](OC(=O)c2cc(OC)c(OC(=O)Cc3ccccc3)c(OC)c2)CC2CN3CCc4c([nH]c5cc(OC)ccc45)[C@H]3C[C@@H]21. The zero-order chi connectivity index (χ0) is 36.5. The topological polar surface area (TPSA) is 135 Å². The van der Waals surface area contributed by atoms with Gasteiger partial charge in [-0.25, -0.2) is 4.79 Å². The van der Waals surface area contributed by atoms with Crippen LogP contribution in [0.4, 0.5) is 0 Å². The highest BCUT2D eigenvalue weighted by Gasteiger charge is 2.54. The predicted octanol–water partition coefficient (Wildman–Crippen LogP) is 5.31. The Bertz CT molecular complexity index is 1930. The molecule has 0 bridgehead atoms. The van der Waals surface area contributed by atoms with E-state index in [0.717, 1.165) is 42.8 Å². The lowest BCUT2D eigenvalue weighted by atomic mass is 9.63. The molecule has 3 aromatic carbocycles. The zero-order valence-electron chi connectivity index (χ0n) is 30.0. The molecule has 0 amide bonds. The summed E-state index contributed by atoms with van der Waals surface area (Å²) in [5, 5.41) is 1.19. The Hall–Kier alpha value is -5.07. The number of nitrogens with zero attached hydrogens (tertiary/aromatic N) is 1. The molecule has 52 heavy (non-hydrogen) atoms. The molecule has 0 radical (unpaired) electrons. The molecule has 4 aromatic rings. The van der Waals surface area contributed by atoms with Crippen LogP contribution in [0, 0.1) is 17.8 Å². The van der Waals surface area contributed by atoms with E-state index in [2.05, 4.69) is 16.0 Å². The van der Waals surface area contributed by atoms with Gasteiger partial charge in [-0.2, -0.15) is 0 Å². The van der Waals surface area contributed by atoms with Gasteiger partial charge in [-0.3, -0.25) is 14.5 Å². The predicted molar refractivity (Wildman–Crippen MR) is 190 cm³/mol. The fraction of sp³-hybridized carbons (Fsp3) is 0.425. The number of fused-ring (bicyclic) bond motifs is 6. The number of aromatic amines is 1. The third kappa shape index (κ3) is 6.56. The number of hydrogen-bond donors (Lipinski definition) is 1. The van der Waals surface area contributed by atoms with Gasteiger partial charge in [0.2, 0.25) is 5.75 Å². The molecule has 6 atom stereocenters. The van der Waals surface area contributed by atoms with E-state index >= 15 is 0 Å². The van der Waals surface area contributed by atoms with Crippen molar-refractivity contribution in [2.45, 2.75) is 43.9 Å². The molecule has 12 nitrogen and oxygen atoms in total. The first kappa shape index (κ1) is 35.3. The lowest BCUT2D eigenvalue weighted by molar-refractivity contribution is -0.176. The largest absolute Gasteiger partial charge is 0.497 e. The smallest absolute Gasteiger partial charge is 0.338 e. The number of nitrogens with one attached hydrogen (secondary N) is 1. The summed E-state index contributed by atoms with van der Waals surface area (Å²) in [6.45, 7) is 1.61. The molecule has 1 saturated heterocycles. The number of hydrogen-bond acceptors (Lipinski definition) is 11. The molecule has 3 aliphatic rings. The van der Waals surface area contributed by atoms with Gasteiger partial charge in [-0.05, 0) is 66.5 Å². The van der Waals surface area contributed by atoms with Crippen molar-refractivity contribution in [2.75, 3.05) is 48.6 Å². The molecule has 1 unspecified atom stereocenters. The molecular weight excluding hydrogens is 668 g/mol. The Morgan fingerprint density at radius 1 is 0.885 bits per heavy atom. The molecule has 3 heterocycles. The zero-order valence-corrected chi connectivity index (χ0v) is 30.0. The molecule has 0 spiro atoms. The van der Waals surface area contributed by atoms with Gasteiger partial charge in [0.25, 0.3) is 0 Å². The maximum absolute atomic E-state index is 13.9. The number of carbonyl (C=O) groups excluding carboxylic acids is 3. The number of carbonyl (C=O) groups is 3. The van der Waals surface area contributed by atoms with Gasteiger partial charge in [0.15, 0.2) is 11.5 Å². The Morgan fingerprint density at radius 2 is 1.63 bits per heavy atom. The highest BCUT2D eigenvalue weighted by molar-refractivity contribution is 5.92. The summed E-state index contributed by atoms with van der Waals surface area (Å²) in [6, 6.07) is 18.3. The lowest BCUT2D eigenvalue weighted by Gasteiger charge is -2.52. The normalized spacial score (nSPS) is 23.8. The van der Waals surface area contributed by atoms with Gasteiger partial charge in [0.05, 0.1) is 52.4 Å². The van der Waals surface area contributed by atoms with Crippen molar-refractivity contribution < 1.29 is 47.5 Å². The number of piperidine rings is 1. The van der Waals surface area contributed by atoms with Crippen molar-refractivity contribution in [3.05, 3.63) is 83.0 Å². The summed E-state index contributed by atoms with van der Waals surface area (Å²) in [4.78, 5) is 46.4. The van der Waals surface area contributed by atoms with Crippen LogP contribution < -0.4 is 18.9 Å². The molecule has 1 N–H and O–H groups in total. The van der Waals surface area contributed by atoms with Gasteiger partial charge in [-0.1, -0.05) is 30.3 Å². The Kier molecular flexibility index (Phi) is 10.1. The molecular formula is C40H44N2O10. The van der Waals surface area contributed by atoms with E-state index in [9.17, 15) is 14.4 Å². The van der Waals surface area contributed by atoms with Crippen LogP contribution in [0.25, 0.3) is 10.9 Å². The maximum Gasteiger partial charge on any atom is 0.338 e. The molecule has 1 aliphatic carbocycles. The minimum Gasteiger partial charge on any atom is -0.497 e. The second-order valence-corrected chi connectivity index (χ2v) is 13.6. The quantitative estimate of drug-likeness (QED) is 0.169. The van der Waals surface area contributed by atoms with Gasteiger partial charge in [0.1, 0.15) is 18.0 Å². The third-order valence-electron chi connectivity index (χ3n) is 11.0. The van der Waals surface area contributed by atoms with E-state index < -0.39 is 36.0 Å². The molecule has 2 aliphatic heterocycles. The highest BCUT2D eigenvalue weighted by Crippen LogP contribution is 2.51. The first-order chi connectivity index (χ1) is 25.3. The molecule has 1 aromatic heterocycles. The Balaban J connectivity index is 1.12. The fourth-order valence-corrected chi connectivity index (χ4v) is 8.57. The van der Waals surface area contributed by atoms with Gasteiger partial charge >= 0.3 is 17.9 Å². The molecule has 1 saturated carbocycles. The highest BCUT2D eigenvalue weighted by atomic mass is 16.6. The van der Waals surface area contributed by atoms with Gasteiger partial charge in [0, 0.05) is 42.9 Å². The summed E-state index contributed by atoms with van der Waals surface area (Å²) in [5.74, 6) is -1.12. The molecule has 2 fully saturated rings. The molecule has 274 valence electrons. The average molecular weight is 713 g/mol. The van der Waals surface area contributed by atoms with Crippen molar-refractivity contribution in [3.63, 3.8) is 0 Å². The number of esters is 3. The number of rotatable bonds is 10. The van der Waals surface area contributed by atoms with E-state index in [-0.39, 0.29) is 47.1 Å². The number of H-pyrrole nitrogens is 1. The summed E-state index contributed by atoms with van der Waals surface area (Å²) >= 11 is 0. The van der Waals surface area contributed by atoms with Crippen LogP contribution in [-0.2, 0) is 36.6 Å². The summed E-state index contributed by atoms with van der Waals surface area (Å²) in [7, 11) is 7.40. The number of methoxy groups -OCH3 is 5. The van der Waals surface area contributed by atoms with Crippen LogP contribution in [-0.4, -0.2) is 88.6 Å². The fourth-order valence-electron chi connectivity index (χ4n) is 8.57. The standard InChI is InChI=1S/C40H44N2O10/c1-46-25-11-12-26-27-13-14-42-21-24-18-33(38(49-4)35(40(45)50-5)28(24)20-30(42)36(27)41-29(26)19-25)51-39(44)23-16-31(47-2)37(32(17-23)48-3)52-34(43)15-22-9-7-6-8-10-22/h6-12,16-17,19,24,28,30,33,35,38,41H,13-15,18,20-21H2,1-5H3/t24?,28-,30+,33+,35-,38-/m0/s1. The second kappa shape index (κ2) is 14.9. The van der Waals surface area contributed by atoms with Crippen LogP contribution in [0.5, 0.6) is 23.0 Å². The first-order valence-corrected chi connectivity index (χ1v) is 17.5. The first-order valence-electron chi connectivity index (χ1n) is 17.5. The molecule has 12 heteroatoms. The van der Waals surface area contributed by atoms with Crippen LogP contribution in [0.1, 0.15) is 46.1 Å².